The maximum atomic E-state index is 12.4. The lowest BCUT2D eigenvalue weighted by Gasteiger charge is -2.15. The molecule has 0 fully saturated rings. The monoisotopic (exact) mass is 452 g/mol. The Balaban J connectivity index is 2.75. The van der Waals surface area contributed by atoms with Crippen LogP contribution in [0.3, 0.4) is 0 Å². The van der Waals surface area contributed by atoms with Gasteiger partial charge in [0.05, 0.1) is 16.3 Å². The number of nitrogens with two attached hydrogens (primary N) is 1. The number of hydrogen-bond donors (Lipinski definition) is 3. The summed E-state index contributed by atoms with van der Waals surface area (Å²) in [5.41, 5.74) is -0.277. The molecule has 0 saturated carbocycles. The minimum absolute atomic E-state index is 0.121. The van der Waals surface area contributed by atoms with Crippen molar-refractivity contribution in [1.29, 1.82) is 0 Å². The quantitative estimate of drug-likeness (QED) is 0.398. The standard InChI is InChI=1S/C14H16N2O7S4/c1-2-6-25(17,18)13-7-11(16-9-10-4-3-5-24-10)12(27(21,22)23)8-14(13)26(15,19)20/h2-5,7-8,16H,1,6,9H2,(H2,15,19,20)(H,21,22,23). The average Bonchev–Trinajstić information content (AvgIpc) is 3.03. The van der Waals surface area contributed by atoms with Crippen molar-refractivity contribution < 1.29 is 29.8 Å². The van der Waals surface area contributed by atoms with Crippen LogP contribution in [0.25, 0.3) is 0 Å². The smallest absolute Gasteiger partial charge is 0.296 e. The van der Waals surface area contributed by atoms with Crippen LogP contribution in [-0.4, -0.2) is 35.6 Å². The van der Waals surface area contributed by atoms with E-state index in [1.165, 1.54) is 11.3 Å². The van der Waals surface area contributed by atoms with Gasteiger partial charge in [-0.25, -0.2) is 22.0 Å². The highest BCUT2D eigenvalue weighted by Crippen LogP contribution is 2.32. The number of hydrogen-bond acceptors (Lipinski definition) is 8. The fourth-order valence-electron chi connectivity index (χ4n) is 2.20. The van der Waals surface area contributed by atoms with Crippen molar-refractivity contribution in [3.05, 3.63) is 47.2 Å². The highest BCUT2D eigenvalue weighted by molar-refractivity contribution is 7.93. The topological polar surface area (TPSA) is 161 Å². The number of thiophene rings is 1. The lowest BCUT2D eigenvalue weighted by molar-refractivity contribution is 0.483. The Morgan fingerprint density at radius 3 is 2.26 bits per heavy atom. The summed E-state index contributed by atoms with van der Waals surface area (Å²) in [7, 11) is -13.7. The Labute approximate surface area is 161 Å². The minimum Gasteiger partial charge on any atom is -0.379 e. The number of anilines is 1. The van der Waals surface area contributed by atoms with Crippen LogP contribution in [0.4, 0.5) is 5.69 Å². The lowest BCUT2D eigenvalue weighted by Crippen LogP contribution is -2.20. The first-order chi connectivity index (χ1) is 12.4. The first-order valence-corrected chi connectivity index (χ1v) is 12.7. The molecule has 148 valence electrons. The molecule has 0 saturated heterocycles. The van der Waals surface area contributed by atoms with Crippen molar-refractivity contribution in [1.82, 2.24) is 0 Å². The molecule has 4 N–H and O–H groups in total. The largest absolute Gasteiger partial charge is 0.379 e. The predicted molar refractivity (Wildman–Crippen MR) is 102 cm³/mol. The van der Waals surface area contributed by atoms with Crippen LogP contribution in [0, 0.1) is 0 Å². The van der Waals surface area contributed by atoms with E-state index in [9.17, 15) is 29.8 Å². The molecule has 0 spiro atoms. The summed E-state index contributed by atoms with van der Waals surface area (Å²) in [6, 6.07) is 4.86. The van der Waals surface area contributed by atoms with E-state index in [1.54, 1.807) is 17.5 Å². The van der Waals surface area contributed by atoms with E-state index in [0.29, 0.717) is 6.07 Å². The predicted octanol–water partition coefficient (Wildman–Crippen LogP) is 1.21. The molecule has 0 amide bonds. The number of rotatable bonds is 8. The zero-order valence-electron chi connectivity index (χ0n) is 13.7. The van der Waals surface area contributed by atoms with Gasteiger partial charge in [-0.15, -0.1) is 17.9 Å². The molecule has 27 heavy (non-hydrogen) atoms. The van der Waals surface area contributed by atoms with Gasteiger partial charge in [-0.2, -0.15) is 8.42 Å². The van der Waals surface area contributed by atoms with E-state index in [1.807, 2.05) is 0 Å². The lowest BCUT2D eigenvalue weighted by atomic mass is 10.3. The van der Waals surface area contributed by atoms with E-state index < -0.39 is 50.4 Å². The van der Waals surface area contributed by atoms with Crippen LogP contribution >= 0.6 is 11.3 Å². The summed E-state index contributed by atoms with van der Waals surface area (Å²) < 4.78 is 81.3. The molecular formula is C14H16N2O7S4. The summed E-state index contributed by atoms with van der Waals surface area (Å²) >= 11 is 1.36. The molecule has 1 aromatic carbocycles. The van der Waals surface area contributed by atoms with Gasteiger partial charge in [0.25, 0.3) is 10.1 Å². The molecule has 0 unspecified atom stereocenters. The fraction of sp³-hybridized carbons (Fsp3) is 0.143. The van der Waals surface area contributed by atoms with Crippen molar-refractivity contribution in [2.24, 2.45) is 5.14 Å². The number of sulfone groups is 1. The number of primary sulfonamides is 1. The third kappa shape index (κ3) is 5.15. The van der Waals surface area contributed by atoms with E-state index in [2.05, 4.69) is 11.9 Å². The van der Waals surface area contributed by atoms with Gasteiger partial charge in [0.1, 0.15) is 9.79 Å². The zero-order valence-corrected chi connectivity index (χ0v) is 17.0. The normalized spacial score (nSPS) is 12.7. The van der Waals surface area contributed by atoms with Gasteiger partial charge in [-0.05, 0) is 23.6 Å². The average molecular weight is 453 g/mol. The Hall–Kier alpha value is -1.77. The summed E-state index contributed by atoms with van der Waals surface area (Å²) in [6.07, 6.45) is 1.05. The van der Waals surface area contributed by atoms with Gasteiger partial charge in [-0.1, -0.05) is 12.1 Å². The van der Waals surface area contributed by atoms with Crippen LogP contribution < -0.4 is 10.5 Å². The summed E-state index contributed by atoms with van der Waals surface area (Å²) in [6.45, 7) is 3.42. The molecule has 0 aliphatic heterocycles. The van der Waals surface area contributed by atoms with E-state index in [4.69, 9.17) is 5.14 Å². The molecule has 9 nitrogen and oxygen atoms in total. The third-order valence-corrected chi connectivity index (χ3v) is 7.87. The molecule has 0 aliphatic rings. The van der Waals surface area contributed by atoms with E-state index in [0.717, 1.165) is 17.0 Å². The van der Waals surface area contributed by atoms with Crippen LogP contribution in [0.2, 0.25) is 0 Å². The van der Waals surface area contributed by atoms with E-state index >= 15 is 0 Å². The molecule has 0 atom stereocenters. The maximum Gasteiger partial charge on any atom is 0.296 e. The second kappa shape index (κ2) is 7.69. The Morgan fingerprint density at radius 2 is 1.78 bits per heavy atom. The van der Waals surface area contributed by atoms with Crippen molar-refractivity contribution in [3.63, 3.8) is 0 Å². The molecule has 13 heteroatoms. The van der Waals surface area contributed by atoms with Crippen molar-refractivity contribution in [2.75, 3.05) is 11.1 Å². The van der Waals surface area contributed by atoms with Crippen LogP contribution in [0.1, 0.15) is 4.88 Å². The molecule has 1 aromatic heterocycles. The molecular weight excluding hydrogens is 436 g/mol. The summed E-state index contributed by atoms with van der Waals surface area (Å²) in [5.74, 6) is -0.592. The van der Waals surface area contributed by atoms with Gasteiger partial charge in [0.2, 0.25) is 10.0 Å². The fourth-order valence-corrected chi connectivity index (χ4v) is 6.10. The van der Waals surface area contributed by atoms with Crippen LogP contribution in [0.5, 0.6) is 0 Å². The summed E-state index contributed by atoms with van der Waals surface area (Å²) in [4.78, 5) is -1.63. The van der Waals surface area contributed by atoms with Crippen LogP contribution in [0.15, 0.2) is 57.0 Å². The van der Waals surface area contributed by atoms with Gasteiger partial charge in [0.15, 0.2) is 9.84 Å². The minimum atomic E-state index is -4.88. The molecule has 2 rings (SSSR count). The van der Waals surface area contributed by atoms with Gasteiger partial charge >= 0.3 is 0 Å². The Bertz CT molecular complexity index is 1170. The molecule has 0 bridgehead atoms. The number of benzene rings is 1. The summed E-state index contributed by atoms with van der Waals surface area (Å²) in [5, 5.41) is 9.53. The number of nitrogens with one attached hydrogen (secondary N) is 1. The molecule has 1 heterocycles. The first-order valence-electron chi connectivity index (χ1n) is 7.14. The maximum absolute atomic E-state index is 12.4. The van der Waals surface area contributed by atoms with Gasteiger partial charge in [-0.3, -0.25) is 4.55 Å². The van der Waals surface area contributed by atoms with Crippen LogP contribution in [-0.2, 0) is 36.5 Å². The molecule has 0 aliphatic carbocycles. The Kier molecular flexibility index (Phi) is 6.13. The zero-order chi connectivity index (χ0) is 20.5. The van der Waals surface area contributed by atoms with E-state index in [-0.39, 0.29) is 12.2 Å². The molecule has 0 radical (unpaired) electrons. The third-order valence-electron chi connectivity index (χ3n) is 3.34. The Morgan fingerprint density at radius 1 is 1.11 bits per heavy atom. The molecule has 2 aromatic rings. The second-order valence-corrected chi connectivity index (χ2v) is 11.3. The van der Waals surface area contributed by atoms with Gasteiger partial charge < -0.3 is 5.32 Å². The SMILES string of the molecule is C=CCS(=O)(=O)c1cc(NCc2cccs2)c(S(=O)(=O)O)cc1S(N)(=O)=O. The van der Waals surface area contributed by atoms with Crippen molar-refractivity contribution >= 4 is 47.0 Å². The highest BCUT2D eigenvalue weighted by Gasteiger charge is 2.29. The number of sulfonamides is 1. The highest BCUT2D eigenvalue weighted by atomic mass is 32.2. The van der Waals surface area contributed by atoms with Crippen molar-refractivity contribution in [3.8, 4) is 0 Å². The second-order valence-electron chi connectivity index (χ2n) is 5.32. The first kappa shape index (κ1) is 21.5. The van der Waals surface area contributed by atoms with Gasteiger partial charge in [0, 0.05) is 11.4 Å². The van der Waals surface area contributed by atoms with Crippen molar-refractivity contribution in [2.45, 2.75) is 21.2 Å².